The van der Waals surface area contributed by atoms with Gasteiger partial charge in [0.2, 0.25) is 0 Å². The van der Waals surface area contributed by atoms with Crippen molar-refractivity contribution in [3.05, 3.63) is 0 Å². The average Bonchev–Trinajstić information content (AvgIpc) is 2.61. The highest BCUT2D eigenvalue weighted by Gasteiger charge is 2.19. The van der Waals surface area contributed by atoms with Gasteiger partial charge in [0.25, 0.3) is 0 Å². The highest BCUT2D eigenvalue weighted by Crippen LogP contribution is 2.22. The molecule has 2 nitrogen and oxygen atoms in total. The quantitative estimate of drug-likeness (QED) is 0.665. The summed E-state index contributed by atoms with van der Waals surface area (Å²) in [7, 11) is 0. The number of nitrogens with one attached hydrogen (secondary N) is 1. The van der Waals surface area contributed by atoms with E-state index in [9.17, 15) is 0 Å². The Labute approximate surface area is 115 Å². The van der Waals surface area contributed by atoms with Crippen molar-refractivity contribution >= 4 is 0 Å². The van der Waals surface area contributed by atoms with Crippen LogP contribution in [-0.4, -0.2) is 37.1 Å². The highest BCUT2D eigenvalue weighted by molar-refractivity contribution is 4.75. The van der Waals surface area contributed by atoms with Crippen LogP contribution in [0.25, 0.3) is 0 Å². The molecule has 18 heavy (non-hydrogen) atoms. The number of likely N-dealkylation sites (tertiary alicyclic amines) is 1. The Hall–Kier alpha value is -0.0800. The summed E-state index contributed by atoms with van der Waals surface area (Å²) < 4.78 is 0. The van der Waals surface area contributed by atoms with E-state index < -0.39 is 0 Å². The van der Waals surface area contributed by atoms with Crippen LogP contribution in [0.2, 0.25) is 0 Å². The Morgan fingerprint density at radius 1 is 1.17 bits per heavy atom. The van der Waals surface area contributed by atoms with Gasteiger partial charge in [0, 0.05) is 12.6 Å². The number of unbranched alkanes of at least 4 members (excludes halogenated alkanes) is 1. The van der Waals surface area contributed by atoms with E-state index in [1.165, 1.54) is 71.1 Å². The number of nitrogens with zero attached hydrogens (tertiary/aromatic N) is 1. The van der Waals surface area contributed by atoms with Crippen LogP contribution in [0.1, 0.15) is 65.7 Å². The lowest BCUT2D eigenvalue weighted by Crippen LogP contribution is -2.41. The van der Waals surface area contributed by atoms with Crippen LogP contribution in [-0.2, 0) is 0 Å². The first-order chi connectivity index (χ1) is 8.77. The van der Waals surface area contributed by atoms with Crippen LogP contribution >= 0.6 is 0 Å². The lowest BCUT2D eigenvalue weighted by Gasteiger charge is -2.28. The van der Waals surface area contributed by atoms with E-state index in [0.717, 1.165) is 5.92 Å². The summed E-state index contributed by atoms with van der Waals surface area (Å²) in [6.45, 7) is 12.0. The van der Waals surface area contributed by atoms with Gasteiger partial charge in [-0.2, -0.15) is 0 Å². The minimum atomic E-state index is 0.710. The molecule has 0 aromatic rings. The zero-order valence-electron chi connectivity index (χ0n) is 12.9. The van der Waals surface area contributed by atoms with Gasteiger partial charge < -0.3 is 5.32 Å². The third kappa shape index (κ3) is 6.19. The van der Waals surface area contributed by atoms with Crippen molar-refractivity contribution in [3.8, 4) is 0 Å². The maximum Gasteiger partial charge on any atom is 0.0192 e. The minimum absolute atomic E-state index is 0.710. The van der Waals surface area contributed by atoms with Crippen molar-refractivity contribution in [2.45, 2.75) is 71.8 Å². The molecule has 108 valence electrons. The lowest BCUT2D eigenvalue weighted by molar-refractivity contribution is 0.209. The largest absolute Gasteiger partial charge is 0.315 e. The molecule has 0 aliphatic carbocycles. The Bertz CT molecular complexity index is 194. The predicted octanol–water partition coefficient (Wildman–Crippen LogP) is 3.67. The zero-order valence-corrected chi connectivity index (χ0v) is 12.9. The Morgan fingerprint density at radius 2 is 2.00 bits per heavy atom. The van der Waals surface area contributed by atoms with E-state index in [1.54, 1.807) is 0 Å². The molecule has 0 aromatic carbocycles. The number of rotatable bonds is 8. The Balaban J connectivity index is 2.20. The molecule has 2 unspecified atom stereocenters. The first-order valence-corrected chi connectivity index (χ1v) is 8.22. The van der Waals surface area contributed by atoms with Gasteiger partial charge in [-0.15, -0.1) is 0 Å². The van der Waals surface area contributed by atoms with Gasteiger partial charge >= 0.3 is 0 Å². The maximum atomic E-state index is 3.60. The molecule has 1 N–H and O–H groups in total. The summed E-state index contributed by atoms with van der Waals surface area (Å²) >= 11 is 0. The molecule has 0 saturated carbocycles. The van der Waals surface area contributed by atoms with Gasteiger partial charge in [0.05, 0.1) is 0 Å². The fraction of sp³-hybridized carbons (Fsp3) is 1.00. The van der Waals surface area contributed by atoms with Crippen molar-refractivity contribution in [2.75, 3.05) is 26.2 Å². The Morgan fingerprint density at radius 3 is 2.72 bits per heavy atom. The smallest absolute Gasteiger partial charge is 0.0192 e. The second kappa shape index (κ2) is 9.80. The zero-order chi connectivity index (χ0) is 13.2. The third-order valence-corrected chi connectivity index (χ3v) is 4.35. The van der Waals surface area contributed by atoms with Gasteiger partial charge in [0.1, 0.15) is 0 Å². The van der Waals surface area contributed by atoms with E-state index in [-0.39, 0.29) is 0 Å². The summed E-state index contributed by atoms with van der Waals surface area (Å²) in [4.78, 5) is 2.70. The van der Waals surface area contributed by atoms with E-state index in [4.69, 9.17) is 0 Å². The normalized spacial score (nSPS) is 23.8. The lowest BCUT2D eigenvalue weighted by atomic mass is 9.96. The minimum Gasteiger partial charge on any atom is -0.315 e. The van der Waals surface area contributed by atoms with E-state index in [2.05, 4.69) is 31.0 Å². The van der Waals surface area contributed by atoms with Crippen molar-refractivity contribution < 1.29 is 0 Å². The Kier molecular flexibility index (Phi) is 8.70. The number of hydrogen-bond donors (Lipinski definition) is 1. The summed E-state index contributed by atoms with van der Waals surface area (Å²) in [6, 6.07) is 0.710. The molecule has 1 saturated heterocycles. The standard InChI is InChI=1S/C16H34N2/c1-4-6-11-17-14-15(3)18-12-7-9-16(8-5-2)10-13-18/h15-17H,4-14H2,1-3H3. The summed E-state index contributed by atoms with van der Waals surface area (Å²) in [5.41, 5.74) is 0. The first kappa shape index (κ1) is 16.0. The molecule has 0 spiro atoms. The molecule has 0 aromatic heterocycles. The fourth-order valence-electron chi connectivity index (χ4n) is 3.07. The SMILES string of the molecule is CCCCNCC(C)N1CCCC(CCC)CC1. The van der Waals surface area contributed by atoms with Gasteiger partial charge in [-0.3, -0.25) is 4.90 Å². The van der Waals surface area contributed by atoms with E-state index in [0.29, 0.717) is 6.04 Å². The molecule has 1 fully saturated rings. The van der Waals surface area contributed by atoms with Crippen LogP contribution in [0.15, 0.2) is 0 Å². The van der Waals surface area contributed by atoms with Crippen molar-refractivity contribution in [3.63, 3.8) is 0 Å². The third-order valence-electron chi connectivity index (χ3n) is 4.35. The molecule has 0 amide bonds. The maximum absolute atomic E-state index is 3.60. The highest BCUT2D eigenvalue weighted by atomic mass is 15.2. The van der Waals surface area contributed by atoms with Crippen molar-refractivity contribution in [2.24, 2.45) is 5.92 Å². The van der Waals surface area contributed by atoms with Gasteiger partial charge in [0.15, 0.2) is 0 Å². The van der Waals surface area contributed by atoms with Crippen molar-refractivity contribution in [1.82, 2.24) is 10.2 Å². The summed E-state index contributed by atoms with van der Waals surface area (Å²) in [6.07, 6.45) is 9.70. The molecule has 1 aliphatic heterocycles. The van der Waals surface area contributed by atoms with E-state index >= 15 is 0 Å². The number of hydrogen-bond acceptors (Lipinski definition) is 2. The second-order valence-corrected chi connectivity index (χ2v) is 6.03. The van der Waals surface area contributed by atoms with Crippen LogP contribution < -0.4 is 5.32 Å². The molecule has 0 bridgehead atoms. The molecular formula is C16H34N2. The predicted molar refractivity (Wildman–Crippen MR) is 81.1 cm³/mol. The molecule has 1 rings (SSSR count). The van der Waals surface area contributed by atoms with Gasteiger partial charge in [-0.05, 0) is 58.2 Å². The fourth-order valence-corrected chi connectivity index (χ4v) is 3.07. The van der Waals surface area contributed by atoms with Crippen molar-refractivity contribution in [1.29, 1.82) is 0 Å². The summed E-state index contributed by atoms with van der Waals surface area (Å²) in [5, 5.41) is 3.60. The first-order valence-electron chi connectivity index (χ1n) is 8.22. The molecule has 0 radical (unpaired) electrons. The summed E-state index contributed by atoms with van der Waals surface area (Å²) in [5.74, 6) is 1.00. The van der Waals surface area contributed by atoms with Crippen LogP contribution in [0.5, 0.6) is 0 Å². The average molecular weight is 254 g/mol. The van der Waals surface area contributed by atoms with Gasteiger partial charge in [-0.1, -0.05) is 33.1 Å². The molecule has 2 heteroatoms. The van der Waals surface area contributed by atoms with Crippen LogP contribution in [0.3, 0.4) is 0 Å². The monoisotopic (exact) mass is 254 g/mol. The molecular weight excluding hydrogens is 220 g/mol. The van der Waals surface area contributed by atoms with Crippen LogP contribution in [0, 0.1) is 5.92 Å². The van der Waals surface area contributed by atoms with Gasteiger partial charge in [-0.25, -0.2) is 0 Å². The van der Waals surface area contributed by atoms with Crippen LogP contribution in [0.4, 0.5) is 0 Å². The molecule has 1 heterocycles. The second-order valence-electron chi connectivity index (χ2n) is 6.03. The van der Waals surface area contributed by atoms with E-state index in [1.807, 2.05) is 0 Å². The molecule has 2 atom stereocenters. The topological polar surface area (TPSA) is 15.3 Å². The molecule has 1 aliphatic rings.